The van der Waals surface area contributed by atoms with Gasteiger partial charge in [-0.2, -0.15) is 35.9 Å². The van der Waals surface area contributed by atoms with E-state index >= 15 is 0 Å². The van der Waals surface area contributed by atoms with Crippen molar-refractivity contribution in [2.24, 2.45) is 0 Å². The summed E-state index contributed by atoms with van der Waals surface area (Å²) in [4.78, 5) is 24.8. The number of hydrogen-bond donors (Lipinski definition) is 2. The Morgan fingerprint density at radius 3 is 2.07 bits per heavy atom. The van der Waals surface area contributed by atoms with Crippen molar-refractivity contribution >= 4 is 21.8 Å². The fourth-order valence-corrected chi connectivity index (χ4v) is 5.10. The number of carbonyl (C=O) groups is 2. The van der Waals surface area contributed by atoms with E-state index in [1.165, 1.54) is 22.9 Å². The second-order valence-electron chi connectivity index (χ2n) is 6.61. The SMILES string of the molecule is CCc1cc[c-]cc1.[CH2-]CN(C[CH2-])S(=O)(=O)C1(C(=O)NO)CCN(C(C)=O)CC1.[Y+3]. The second kappa shape index (κ2) is 13.5. The summed E-state index contributed by atoms with van der Waals surface area (Å²) in [7, 11) is -4.05. The van der Waals surface area contributed by atoms with E-state index in [4.69, 9.17) is 5.21 Å². The third-order valence-corrected chi connectivity index (χ3v) is 7.69. The number of hydrogen-bond acceptors (Lipinski definition) is 5. The first-order valence-corrected chi connectivity index (χ1v) is 10.9. The molecule has 2 amide bonds. The molecule has 0 aromatic heterocycles. The van der Waals surface area contributed by atoms with Crippen LogP contribution in [0.4, 0.5) is 0 Å². The number of nitrogens with zero attached hydrogens (tertiary/aromatic N) is 2. The first-order chi connectivity index (χ1) is 13.7. The molecule has 1 aliphatic rings. The number of benzene rings is 1. The van der Waals surface area contributed by atoms with Crippen LogP contribution < -0.4 is 5.48 Å². The molecule has 0 unspecified atom stereocenters. The Kier molecular flexibility index (Phi) is 13.1. The number of rotatable bonds is 6. The van der Waals surface area contributed by atoms with Crippen LogP contribution in [0.3, 0.4) is 0 Å². The quantitative estimate of drug-likeness (QED) is 0.338. The van der Waals surface area contributed by atoms with E-state index in [0.29, 0.717) is 0 Å². The van der Waals surface area contributed by atoms with E-state index in [-0.39, 0.29) is 77.6 Å². The van der Waals surface area contributed by atoms with Gasteiger partial charge in [-0.25, -0.2) is 13.9 Å². The standard InChI is InChI=1S/C12H21N3O5S.C8H9.Y/c1-4-15(5-2)21(19,20)12(11(17)13-18)6-8-14(9-7-12)10(3)16;1-2-8-6-4-3-5-7-8;/h18H,1-2,4-9H2,3H3,(H,13,17);4-7H,2H2,1H3;/q-2;-1;+3. The number of amides is 2. The van der Waals surface area contributed by atoms with Crippen LogP contribution >= 0.6 is 0 Å². The molecule has 2 N–H and O–H groups in total. The number of hydroxylamine groups is 1. The topological polar surface area (TPSA) is 107 Å². The van der Waals surface area contributed by atoms with Gasteiger partial charge in [-0.05, 0) is 12.8 Å². The average molecular weight is 513 g/mol. The summed E-state index contributed by atoms with van der Waals surface area (Å²) in [5.41, 5.74) is 2.82. The van der Waals surface area contributed by atoms with E-state index in [1.807, 2.05) is 12.1 Å². The molecule has 0 bridgehead atoms. The molecule has 8 nitrogen and oxygen atoms in total. The number of likely N-dealkylation sites (tertiary alicyclic amines) is 1. The minimum Gasteiger partial charge on any atom is -0.343 e. The van der Waals surface area contributed by atoms with Crippen molar-refractivity contribution in [3.05, 3.63) is 49.7 Å². The fraction of sp³-hybridized carbons (Fsp3) is 0.500. The maximum Gasteiger partial charge on any atom is 3.00 e. The van der Waals surface area contributed by atoms with Crippen LogP contribution in [0, 0.1) is 19.9 Å². The number of piperidine rings is 1. The van der Waals surface area contributed by atoms with Gasteiger partial charge in [-0.1, -0.05) is 13.3 Å². The third-order valence-electron chi connectivity index (χ3n) is 5.06. The monoisotopic (exact) mass is 513 g/mol. The first-order valence-electron chi connectivity index (χ1n) is 9.43. The van der Waals surface area contributed by atoms with Crippen LogP contribution in [0.1, 0.15) is 32.3 Å². The molecular formula is C20H30N3O5SY. The first kappa shape index (κ1) is 29.1. The predicted octanol–water partition coefficient (Wildman–Crippen LogP) is 1.22. The zero-order valence-corrected chi connectivity index (χ0v) is 21.3. The van der Waals surface area contributed by atoms with Gasteiger partial charge in [0, 0.05) is 20.0 Å². The van der Waals surface area contributed by atoms with Gasteiger partial charge < -0.3 is 18.7 Å². The number of aryl methyl sites for hydroxylation is 1. The molecule has 10 heteroatoms. The van der Waals surface area contributed by atoms with E-state index in [1.54, 1.807) is 0 Å². The Morgan fingerprint density at radius 1 is 1.23 bits per heavy atom. The molecule has 30 heavy (non-hydrogen) atoms. The van der Waals surface area contributed by atoms with Crippen LogP contribution in [0.2, 0.25) is 0 Å². The van der Waals surface area contributed by atoms with Crippen molar-refractivity contribution in [1.82, 2.24) is 14.7 Å². The third kappa shape index (κ3) is 6.82. The molecule has 0 radical (unpaired) electrons. The summed E-state index contributed by atoms with van der Waals surface area (Å²) < 4.78 is 24.6. The fourth-order valence-electron chi connectivity index (χ4n) is 3.14. The van der Waals surface area contributed by atoms with Gasteiger partial charge >= 0.3 is 32.7 Å². The molecule has 0 spiro atoms. The van der Waals surface area contributed by atoms with Crippen LogP contribution in [0.5, 0.6) is 0 Å². The van der Waals surface area contributed by atoms with Crippen LogP contribution in [0.25, 0.3) is 0 Å². The smallest absolute Gasteiger partial charge is 0.343 e. The van der Waals surface area contributed by atoms with Gasteiger partial charge in [0.1, 0.15) is 0 Å². The van der Waals surface area contributed by atoms with Gasteiger partial charge in [0.15, 0.2) is 4.75 Å². The molecule has 1 saturated heterocycles. The zero-order chi connectivity index (χ0) is 22.1. The van der Waals surface area contributed by atoms with Gasteiger partial charge in [0.25, 0.3) is 5.91 Å². The maximum absolute atomic E-state index is 12.7. The molecule has 2 rings (SSSR count). The molecule has 1 aliphatic heterocycles. The van der Waals surface area contributed by atoms with Crippen LogP contribution in [-0.2, 0) is 58.7 Å². The summed E-state index contributed by atoms with van der Waals surface area (Å²) in [5, 5.41) is 8.92. The zero-order valence-electron chi connectivity index (χ0n) is 17.6. The number of sulfonamides is 1. The predicted molar refractivity (Wildman–Crippen MR) is 110 cm³/mol. The second-order valence-corrected chi connectivity index (χ2v) is 8.86. The summed E-state index contributed by atoms with van der Waals surface area (Å²) in [6.07, 6.45) is 0.949. The molecule has 0 atom stereocenters. The van der Waals surface area contributed by atoms with E-state index < -0.39 is 20.7 Å². The van der Waals surface area contributed by atoms with Crippen LogP contribution in [0.15, 0.2) is 24.3 Å². The van der Waals surface area contributed by atoms with E-state index in [0.717, 1.165) is 10.7 Å². The molecule has 0 saturated carbocycles. The Bertz CT molecular complexity index is 762. The Labute approximate surface area is 205 Å². The minimum absolute atomic E-state index is 0. The van der Waals surface area contributed by atoms with Crippen molar-refractivity contribution in [1.29, 1.82) is 0 Å². The summed E-state index contributed by atoms with van der Waals surface area (Å²) in [5.74, 6) is -1.17. The average Bonchev–Trinajstić information content (AvgIpc) is 2.74. The van der Waals surface area contributed by atoms with Crippen molar-refractivity contribution in [3.63, 3.8) is 0 Å². The molecule has 0 aliphatic carbocycles. The van der Waals surface area contributed by atoms with Crippen molar-refractivity contribution < 1.29 is 55.9 Å². The molecule has 1 fully saturated rings. The number of nitrogens with one attached hydrogen (secondary N) is 1. The van der Waals surface area contributed by atoms with Crippen molar-refractivity contribution in [2.75, 3.05) is 26.2 Å². The van der Waals surface area contributed by atoms with Crippen molar-refractivity contribution in [2.45, 2.75) is 37.9 Å². The molecule has 1 heterocycles. The van der Waals surface area contributed by atoms with E-state index in [9.17, 15) is 18.0 Å². The minimum atomic E-state index is -4.05. The molecule has 1 aromatic rings. The molecule has 1 aromatic carbocycles. The summed E-state index contributed by atoms with van der Waals surface area (Å²) >= 11 is 0. The van der Waals surface area contributed by atoms with Gasteiger partial charge in [-0.15, -0.1) is 13.1 Å². The Morgan fingerprint density at radius 2 is 1.73 bits per heavy atom. The van der Waals surface area contributed by atoms with Crippen molar-refractivity contribution in [3.8, 4) is 0 Å². The van der Waals surface area contributed by atoms with E-state index in [2.05, 4.69) is 39.0 Å². The van der Waals surface area contributed by atoms with Gasteiger partial charge in [0.05, 0.1) is 0 Å². The van der Waals surface area contributed by atoms with Gasteiger partial charge in [-0.3, -0.25) is 19.1 Å². The summed E-state index contributed by atoms with van der Waals surface area (Å²) in [6.45, 7) is 10.7. The summed E-state index contributed by atoms with van der Waals surface area (Å²) in [6, 6.07) is 11.0. The largest absolute Gasteiger partial charge is 3.00 e. The number of carbonyl (C=O) groups excluding carboxylic acids is 2. The molecule has 164 valence electrons. The maximum atomic E-state index is 12.7. The normalized spacial score (nSPS) is 15.5. The van der Waals surface area contributed by atoms with Crippen LogP contribution in [-0.4, -0.2) is 65.6 Å². The molecular weight excluding hydrogens is 483 g/mol. The Balaban J connectivity index is 0.000000782. The Hall–Kier alpha value is -0.866. The van der Waals surface area contributed by atoms with Gasteiger partial charge in [0.2, 0.25) is 15.9 Å².